The number of hydrogen-bond acceptors (Lipinski definition) is 5. The van der Waals surface area contributed by atoms with Crippen LogP contribution in [0.3, 0.4) is 0 Å². The number of pyridine rings is 1. The van der Waals surface area contributed by atoms with Gasteiger partial charge in [-0.15, -0.1) is 0 Å². The van der Waals surface area contributed by atoms with Crippen LogP contribution in [-0.4, -0.2) is 49.2 Å². The van der Waals surface area contributed by atoms with Crippen LogP contribution < -0.4 is 5.32 Å². The molecule has 1 amide bonds. The number of benzene rings is 1. The predicted molar refractivity (Wildman–Crippen MR) is 109 cm³/mol. The molecular formula is C22H23FN6O. The van der Waals surface area contributed by atoms with Gasteiger partial charge >= 0.3 is 0 Å². The van der Waals surface area contributed by atoms with Crippen molar-refractivity contribution in [1.29, 1.82) is 0 Å². The van der Waals surface area contributed by atoms with Crippen molar-refractivity contribution in [2.45, 2.75) is 37.9 Å². The third-order valence-corrected chi connectivity index (χ3v) is 5.95. The number of halogens is 1. The lowest BCUT2D eigenvalue weighted by atomic mass is 9.84. The summed E-state index contributed by atoms with van der Waals surface area (Å²) in [6.45, 7) is 2.70. The van der Waals surface area contributed by atoms with E-state index in [4.69, 9.17) is 0 Å². The summed E-state index contributed by atoms with van der Waals surface area (Å²) in [4.78, 5) is 24.1. The second-order valence-electron chi connectivity index (χ2n) is 8.12. The van der Waals surface area contributed by atoms with Gasteiger partial charge in [0, 0.05) is 43.4 Å². The first-order valence-electron chi connectivity index (χ1n) is 10.2. The van der Waals surface area contributed by atoms with E-state index >= 15 is 0 Å². The lowest BCUT2D eigenvalue weighted by Crippen LogP contribution is -2.56. The Morgan fingerprint density at radius 2 is 2.00 bits per heavy atom. The zero-order valence-corrected chi connectivity index (χ0v) is 16.6. The molecule has 2 aliphatic heterocycles. The fraction of sp³-hybridized carbons (Fsp3) is 0.364. The summed E-state index contributed by atoms with van der Waals surface area (Å²) >= 11 is 0. The van der Waals surface area contributed by atoms with Gasteiger partial charge in [-0.05, 0) is 37.1 Å². The van der Waals surface area contributed by atoms with Crippen molar-refractivity contribution < 1.29 is 9.18 Å². The molecule has 0 aliphatic carbocycles. The number of aromatic nitrogens is 4. The number of carbonyl (C=O) groups is 1. The maximum atomic E-state index is 13.6. The van der Waals surface area contributed by atoms with Gasteiger partial charge in [0.25, 0.3) is 0 Å². The van der Waals surface area contributed by atoms with Crippen LogP contribution in [0.1, 0.15) is 24.4 Å². The molecule has 0 bridgehead atoms. The second kappa shape index (κ2) is 7.60. The van der Waals surface area contributed by atoms with Crippen molar-refractivity contribution in [2.24, 2.45) is 0 Å². The van der Waals surface area contributed by atoms with Crippen LogP contribution in [0.15, 0.2) is 48.7 Å². The number of fused-ring (bicyclic) bond motifs is 1. The van der Waals surface area contributed by atoms with E-state index in [1.165, 1.54) is 12.1 Å². The lowest BCUT2D eigenvalue weighted by Gasteiger charge is -2.41. The minimum absolute atomic E-state index is 0.0531. The summed E-state index contributed by atoms with van der Waals surface area (Å²) < 4.78 is 15.3. The SMILES string of the molecule is O=C1Cn2nc(-c3cccc(F)c3)nc2CC2(CCN(Cc3ccccn3)CC2)N1. The van der Waals surface area contributed by atoms with Crippen LogP contribution in [0.4, 0.5) is 4.39 Å². The van der Waals surface area contributed by atoms with E-state index in [2.05, 4.69) is 25.3 Å². The largest absolute Gasteiger partial charge is 0.349 e. The maximum Gasteiger partial charge on any atom is 0.242 e. The summed E-state index contributed by atoms with van der Waals surface area (Å²) in [6.07, 6.45) is 4.12. The van der Waals surface area contributed by atoms with Gasteiger partial charge in [-0.1, -0.05) is 18.2 Å². The number of amides is 1. The molecule has 3 aromatic rings. The molecule has 1 N–H and O–H groups in total. The Labute approximate surface area is 174 Å². The summed E-state index contributed by atoms with van der Waals surface area (Å²) in [6, 6.07) is 12.2. The number of nitrogens with one attached hydrogen (secondary N) is 1. The number of piperidine rings is 1. The quantitative estimate of drug-likeness (QED) is 0.722. The van der Waals surface area contributed by atoms with E-state index in [1.54, 1.807) is 16.8 Å². The molecule has 7 nitrogen and oxygen atoms in total. The molecule has 154 valence electrons. The Bertz CT molecular complexity index is 1060. The van der Waals surface area contributed by atoms with Crippen molar-refractivity contribution >= 4 is 5.91 Å². The minimum Gasteiger partial charge on any atom is -0.349 e. The minimum atomic E-state index is -0.327. The zero-order valence-electron chi connectivity index (χ0n) is 16.6. The smallest absolute Gasteiger partial charge is 0.242 e. The van der Waals surface area contributed by atoms with Crippen LogP contribution in [0.5, 0.6) is 0 Å². The number of likely N-dealkylation sites (tertiary alicyclic amines) is 1. The van der Waals surface area contributed by atoms with Crippen LogP contribution in [-0.2, 0) is 24.3 Å². The maximum absolute atomic E-state index is 13.6. The molecular weight excluding hydrogens is 383 g/mol. The van der Waals surface area contributed by atoms with E-state index in [9.17, 15) is 9.18 Å². The Kier molecular flexibility index (Phi) is 4.78. The summed E-state index contributed by atoms with van der Waals surface area (Å²) in [7, 11) is 0. The van der Waals surface area contributed by atoms with Crippen molar-refractivity contribution in [3.05, 3.63) is 66.0 Å². The standard InChI is InChI=1S/C22H23FN6O/c23-17-5-3-4-16(12-17)21-25-19-13-22(26-20(30)15-29(19)27-21)7-10-28(11-8-22)14-18-6-1-2-9-24-18/h1-6,9,12H,7-8,10-11,13-15H2,(H,26,30). The van der Waals surface area contributed by atoms with E-state index in [1.807, 2.05) is 24.4 Å². The normalized spacial score (nSPS) is 18.6. The van der Waals surface area contributed by atoms with Crippen LogP contribution >= 0.6 is 0 Å². The van der Waals surface area contributed by atoms with Crippen LogP contribution in [0, 0.1) is 5.82 Å². The van der Waals surface area contributed by atoms with Gasteiger partial charge in [0.15, 0.2) is 5.82 Å². The average molecular weight is 406 g/mol. The number of rotatable bonds is 3. The first-order valence-corrected chi connectivity index (χ1v) is 10.2. The molecule has 1 saturated heterocycles. The molecule has 8 heteroatoms. The fourth-order valence-corrected chi connectivity index (χ4v) is 4.36. The molecule has 2 aromatic heterocycles. The van der Waals surface area contributed by atoms with Gasteiger partial charge in [-0.25, -0.2) is 14.1 Å². The highest BCUT2D eigenvalue weighted by atomic mass is 19.1. The van der Waals surface area contributed by atoms with Crippen molar-refractivity contribution in [1.82, 2.24) is 30.0 Å². The lowest BCUT2D eigenvalue weighted by molar-refractivity contribution is -0.123. The molecule has 0 unspecified atom stereocenters. The van der Waals surface area contributed by atoms with Crippen LogP contribution in [0.25, 0.3) is 11.4 Å². The fourth-order valence-electron chi connectivity index (χ4n) is 4.36. The third-order valence-electron chi connectivity index (χ3n) is 5.95. The summed E-state index contributed by atoms with van der Waals surface area (Å²) in [5.74, 6) is 0.849. The highest BCUT2D eigenvalue weighted by Crippen LogP contribution is 2.29. The van der Waals surface area contributed by atoms with Crippen molar-refractivity contribution in [2.75, 3.05) is 13.1 Å². The zero-order chi connectivity index (χ0) is 20.6. The third kappa shape index (κ3) is 3.82. The molecule has 5 rings (SSSR count). The van der Waals surface area contributed by atoms with Gasteiger partial charge < -0.3 is 5.32 Å². The summed E-state index contributed by atoms with van der Waals surface area (Å²) in [5, 5.41) is 7.72. The topological polar surface area (TPSA) is 75.9 Å². The molecule has 0 saturated carbocycles. The second-order valence-corrected chi connectivity index (χ2v) is 8.12. The van der Waals surface area contributed by atoms with Gasteiger partial charge in [0.05, 0.1) is 5.69 Å². The molecule has 0 atom stereocenters. The van der Waals surface area contributed by atoms with Gasteiger partial charge in [0.1, 0.15) is 18.2 Å². The van der Waals surface area contributed by atoms with E-state index < -0.39 is 0 Å². The monoisotopic (exact) mass is 406 g/mol. The number of nitrogens with zero attached hydrogens (tertiary/aromatic N) is 5. The first kappa shape index (κ1) is 18.9. The van der Waals surface area contributed by atoms with Crippen molar-refractivity contribution in [3.8, 4) is 11.4 Å². The molecule has 30 heavy (non-hydrogen) atoms. The Hall–Kier alpha value is -3.13. The molecule has 4 heterocycles. The highest BCUT2D eigenvalue weighted by molar-refractivity contribution is 5.77. The average Bonchev–Trinajstić information content (AvgIpc) is 3.07. The Morgan fingerprint density at radius 1 is 1.13 bits per heavy atom. The van der Waals surface area contributed by atoms with E-state index in [0.717, 1.165) is 44.0 Å². The molecule has 1 spiro atoms. The van der Waals surface area contributed by atoms with Gasteiger partial charge in [-0.2, -0.15) is 5.10 Å². The molecule has 1 fully saturated rings. The Morgan fingerprint density at radius 3 is 2.77 bits per heavy atom. The molecule has 2 aliphatic rings. The van der Waals surface area contributed by atoms with Gasteiger partial charge in [0.2, 0.25) is 5.91 Å². The number of hydrogen-bond donors (Lipinski definition) is 1. The van der Waals surface area contributed by atoms with Gasteiger partial charge in [-0.3, -0.25) is 14.7 Å². The molecule has 0 radical (unpaired) electrons. The molecule has 1 aromatic carbocycles. The van der Waals surface area contributed by atoms with Crippen molar-refractivity contribution in [3.63, 3.8) is 0 Å². The van der Waals surface area contributed by atoms with Crippen LogP contribution in [0.2, 0.25) is 0 Å². The predicted octanol–water partition coefficient (Wildman–Crippen LogP) is 2.19. The number of carbonyl (C=O) groups excluding carboxylic acids is 1. The van der Waals surface area contributed by atoms with E-state index in [-0.39, 0.29) is 23.8 Å². The Balaban J connectivity index is 1.34. The first-order chi connectivity index (χ1) is 14.6. The van der Waals surface area contributed by atoms with E-state index in [0.29, 0.717) is 17.8 Å². The summed E-state index contributed by atoms with van der Waals surface area (Å²) in [5.41, 5.74) is 1.35. The highest BCUT2D eigenvalue weighted by Gasteiger charge is 2.40.